The van der Waals surface area contributed by atoms with Gasteiger partial charge in [-0.1, -0.05) is 48.8 Å². The van der Waals surface area contributed by atoms with Crippen LogP contribution in [0.4, 0.5) is 5.95 Å². The highest BCUT2D eigenvalue weighted by Crippen LogP contribution is 2.60. The van der Waals surface area contributed by atoms with Crippen LogP contribution in [0.5, 0.6) is 5.88 Å². The van der Waals surface area contributed by atoms with Crippen molar-refractivity contribution in [1.82, 2.24) is 34.8 Å². The van der Waals surface area contributed by atoms with E-state index in [2.05, 4.69) is 60.1 Å². The topological polar surface area (TPSA) is 240 Å². The summed E-state index contributed by atoms with van der Waals surface area (Å²) in [7, 11) is 1.80. The Morgan fingerprint density at radius 2 is 1.85 bits per heavy atom. The van der Waals surface area contributed by atoms with Gasteiger partial charge in [0.15, 0.2) is 17.4 Å². The number of aromatic nitrogens is 6. The van der Waals surface area contributed by atoms with Gasteiger partial charge in [-0.15, -0.1) is 0 Å². The molecule has 4 N–H and O–H groups in total. The van der Waals surface area contributed by atoms with Crippen LogP contribution < -0.4 is 20.9 Å². The average Bonchev–Trinajstić information content (AvgIpc) is 3.79. The third-order valence-corrected chi connectivity index (χ3v) is 12.2. The number of thiol groups is 2. The van der Waals surface area contributed by atoms with Crippen LogP contribution in [0.15, 0.2) is 54.0 Å². The number of imidazole rings is 1. The van der Waals surface area contributed by atoms with Gasteiger partial charge in [-0.25, -0.2) is 24.1 Å². The van der Waals surface area contributed by atoms with Gasteiger partial charge >= 0.3 is 13.6 Å². The molecule has 2 aliphatic heterocycles. The number of amides is 1. The molecule has 5 heterocycles. The number of carbonyl (C=O) groups is 1. The number of aliphatic hydroxyl groups is 1. The highest BCUT2D eigenvalue weighted by Gasteiger charge is 2.51. The zero-order valence-electron chi connectivity index (χ0n) is 28.0. The molecule has 53 heavy (non-hydrogen) atoms. The van der Waals surface area contributed by atoms with E-state index in [4.69, 9.17) is 27.6 Å². The maximum absolute atomic E-state index is 13.7. The largest absolute Gasteiger partial charge is 0.474 e. The summed E-state index contributed by atoms with van der Waals surface area (Å²) in [6.07, 6.45) is -2.13. The van der Waals surface area contributed by atoms with Crippen LogP contribution in [0.3, 0.4) is 0 Å². The lowest BCUT2D eigenvalue weighted by Gasteiger charge is -2.26. The highest BCUT2D eigenvalue weighted by atomic mass is 32.7. The van der Waals surface area contributed by atoms with Crippen LogP contribution in [-0.4, -0.2) is 91.3 Å². The Hall–Kier alpha value is -3.20. The molecule has 1 aromatic carbocycles. The molecule has 3 aliphatic rings. The van der Waals surface area contributed by atoms with Crippen molar-refractivity contribution in [2.24, 2.45) is 5.92 Å². The summed E-state index contributed by atoms with van der Waals surface area (Å²) < 4.78 is 63.4. The molecule has 2 saturated heterocycles. The number of carbonyl (C=O) groups excluding carboxylic acids is 1. The second-order valence-electron chi connectivity index (χ2n) is 12.6. The van der Waals surface area contributed by atoms with E-state index in [0.29, 0.717) is 18.8 Å². The van der Waals surface area contributed by atoms with Gasteiger partial charge in [0.25, 0.3) is 5.56 Å². The number of benzene rings is 1. The van der Waals surface area contributed by atoms with E-state index in [1.165, 1.54) is 23.4 Å². The van der Waals surface area contributed by atoms with Gasteiger partial charge < -0.3 is 24.4 Å². The van der Waals surface area contributed by atoms with Crippen LogP contribution in [0, 0.1) is 5.92 Å². The fraction of sp³-hybridized carbons (Fsp3) is 0.467. The number of aliphatic hydroxyl groups excluding tert-OH is 1. The summed E-state index contributed by atoms with van der Waals surface area (Å²) in [6, 6.07) is 9.01. The van der Waals surface area contributed by atoms with Crippen LogP contribution in [-0.2, 0) is 49.7 Å². The predicted molar refractivity (Wildman–Crippen MR) is 194 cm³/mol. The number of rotatable bonds is 8. The molecular formula is C30H36N8O11P2S2. The van der Waals surface area contributed by atoms with Crippen molar-refractivity contribution in [3.05, 3.63) is 70.7 Å². The molecular weight excluding hydrogens is 774 g/mol. The fourth-order valence-electron chi connectivity index (χ4n) is 6.51. The van der Waals surface area contributed by atoms with Gasteiger partial charge in [-0.3, -0.25) is 38.0 Å². The maximum Gasteiger partial charge on any atom is 0.386 e. The molecule has 0 radical (unpaired) electrons. The Morgan fingerprint density at radius 3 is 2.62 bits per heavy atom. The third-order valence-electron chi connectivity index (χ3n) is 8.92. The van der Waals surface area contributed by atoms with Crippen molar-refractivity contribution in [3.8, 4) is 5.88 Å². The molecule has 3 aromatic heterocycles. The third kappa shape index (κ3) is 8.87. The quantitative estimate of drug-likeness (QED) is 0.111. The van der Waals surface area contributed by atoms with E-state index in [9.17, 15) is 23.8 Å². The van der Waals surface area contributed by atoms with Crippen molar-refractivity contribution in [2.75, 3.05) is 25.6 Å². The number of fused-ring (bicyclic) bond motifs is 4. The molecule has 3 fully saturated rings. The molecule has 1 aliphatic carbocycles. The lowest BCUT2D eigenvalue weighted by molar-refractivity contribution is -0.115. The molecule has 19 nitrogen and oxygen atoms in total. The predicted octanol–water partition coefficient (Wildman–Crippen LogP) is 2.82. The van der Waals surface area contributed by atoms with Crippen LogP contribution in [0.2, 0.25) is 0 Å². The molecule has 284 valence electrons. The SMILES string of the molecule is CNCc1ccccc1CC(=O)Nc1nc2c(ncn2[C@@H]2O[C@@H]3CO[P@@](=O)(S)O[C@H]4C[C@H](Oc5ccncn5)C[C@@H]4CO[P@@](=O)(S)O[C@@H]2[C@@H]3O)c(=O)[nH]1. The Bertz CT molecular complexity index is 2110. The lowest BCUT2D eigenvalue weighted by Crippen LogP contribution is -2.35. The lowest BCUT2D eigenvalue weighted by atomic mass is 10.0. The smallest absolute Gasteiger partial charge is 0.386 e. The van der Waals surface area contributed by atoms with E-state index in [1.54, 1.807) is 13.1 Å². The van der Waals surface area contributed by atoms with Crippen LogP contribution >= 0.6 is 38.1 Å². The molecule has 1 amide bonds. The number of hydrogen-bond acceptors (Lipinski definition) is 16. The molecule has 7 rings (SSSR count). The Balaban J connectivity index is 1.13. The monoisotopic (exact) mass is 810 g/mol. The van der Waals surface area contributed by atoms with Crippen molar-refractivity contribution in [1.29, 1.82) is 0 Å². The number of hydrogen-bond donors (Lipinski definition) is 6. The zero-order chi connectivity index (χ0) is 37.3. The minimum absolute atomic E-state index is 0.00155. The van der Waals surface area contributed by atoms with Gasteiger partial charge in [0.1, 0.15) is 30.7 Å². The Labute approximate surface area is 312 Å². The van der Waals surface area contributed by atoms with Crippen molar-refractivity contribution < 1.29 is 46.6 Å². The van der Waals surface area contributed by atoms with Gasteiger partial charge in [-0.05, 0) is 24.6 Å². The van der Waals surface area contributed by atoms with Crippen molar-refractivity contribution in [2.45, 2.75) is 62.6 Å². The van der Waals surface area contributed by atoms with E-state index >= 15 is 0 Å². The summed E-state index contributed by atoms with van der Waals surface area (Å²) in [6.45, 7) is -8.51. The normalized spacial score (nSPS) is 32.0. The first-order valence-electron chi connectivity index (χ1n) is 16.4. The molecule has 0 unspecified atom stereocenters. The van der Waals surface area contributed by atoms with E-state index in [-0.39, 0.29) is 36.6 Å². The standard InChI is InChI=1S/C30H36N8O11P2S2/c1-31-11-17-5-3-2-4-16(17)9-22(39)35-30-36-27-24(28(41)37-30)34-15-38(27)29-26-25(40)21(47-29)13-45-50(42,52)48-20-10-19(46-23-6-7-32-14-33-23)8-18(20)12-44-51(43,53)49-26/h2-7,14-15,18-21,25-26,29,31,40H,8-13H2,1H3,(H,42,52)(H,43,53)(H2,35,36,37,39,41)/t18-,19-,20+,21-,25-,26-,29-,50-,51-/m1/s1. The minimum Gasteiger partial charge on any atom is -0.474 e. The summed E-state index contributed by atoms with van der Waals surface area (Å²) in [4.78, 5) is 45.2. The van der Waals surface area contributed by atoms with Crippen molar-refractivity contribution >= 4 is 61.1 Å². The first-order chi connectivity index (χ1) is 25.4. The minimum atomic E-state index is -4.26. The summed E-state index contributed by atoms with van der Waals surface area (Å²) in [5.41, 5.74) is 0.844. The first kappa shape index (κ1) is 38.1. The number of nitrogens with one attached hydrogen (secondary N) is 3. The molecule has 4 aromatic rings. The highest BCUT2D eigenvalue weighted by molar-refractivity contribution is 8.44. The van der Waals surface area contributed by atoms with Crippen LogP contribution in [0.1, 0.15) is 30.2 Å². The number of H-pyrrole nitrogens is 1. The van der Waals surface area contributed by atoms with Crippen LogP contribution in [0.25, 0.3) is 11.2 Å². The van der Waals surface area contributed by atoms with E-state index in [1.807, 2.05) is 24.3 Å². The summed E-state index contributed by atoms with van der Waals surface area (Å²) >= 11 is 8.37. The average molecular weight is 811 g/mol. The second-order valence-corrected chi connectivity index (χ2v) is 18.3. The Morgan fingerprint density at radius 1 is 1.08 bits per heavy atom. The second kappa shape index (κ2) is 15.9. The molecule has 9 atom stereocenters. The first-order valence-corrected chi connectivity index (χ1v) is 21.8. The Kier molecular flexibility index (Phi) is 11.4. The maximum atomic E-state index is 13.7. The van der Waals surface area contributed by atoms with E-state index in [0.717, 1.165) is 11.1 Å². The molecule has 1 saturated carbocycles. The summed E-state index contributed by atoms with van der Waals surface area (Å²) in [5, 5.41) is 17.0. The van der Waals surface area contributed by atoms with Gasteiger partial charge in [0, 0.05) is 31.1 Å². The molecule has 2 bridgehead atoms. The van der Waals surface area contributed by atoms with E-state index < -0.39 is 74.3 Å². The van der Waals surface area contributed by atoms with Gasteiger partial charge in [0.05, 0.1) is 32.1 Å². The van der Waals surface area contributed by atoms with Gasteiger partial charge in [-0.2, -0.15) is 4.98 Å². The van der Waals surface area contributed by atoms with Gasteiger partial charge in [0.2, 0.25) is 17.7 Å². The summed E-state index contributed by atoms with van der Waals surface area (Å²) in [5.74, 6) is -0.810. The fourth-order valence-corrected chi connectivity index (χ4v) is 9.57. The zero-order valence-corrected chi connectivity index (χ0v) is 31.5. The number of ether oxygens (including phenoxy) is 2. The molecule has 23 heteroatoms. The number of aromatic amines is 1. The number of anilines is 1. The molecule has 0 spiro atoms. The van der Waals surface area contributed by atoms with Crippen molar-refractivity contribution in [3.63, 3.8) is 0 Å². The number of nitrogens with zero attached hydrogens (tertiary/aromatic N) is 5.